The molecule has 5 rings (SSSR count). The first-order chi connectivity index (χ1) is 16.9. The Morgan fingerprint density at radius 3 is 2.31 bits per heavy atom. The van der Waals surface area contributed by atoms with E-state index in [0.717, 1.165) is 0 Å². The molecule has 0 N–H and O–H groups in total. The monoisotopic (exact) mass is 471 g/mol. The zero-order chi connectivity index (χ0) is 24.5. The van der Waals surface area contributed by atoms with Gasteiger partial charge in [-0.15, -0.1) is 0 Å². The zero-order valence-corrected chi connectivity index (χ0v) is 19.5. The van der Waals surface area contributed by atoms with Crippen molar-refractivity contribution in [2.75, 3.05) is 28.0 Å². The van der Waals surface area contributed by atoms with Crippen LogP contribution in [0.1, 0.15) is 20.3 Å². The maximum absolute atomic E-state index is 13.6. The summed E-state index contributed by atoms with van der Waals surface area (Å²) in [5, 5.41) is 0. The second kappa shape index (κ2) is 9.13. The van der Waals surface area contributed by atoms with E-state index in [0.29, 0.717) is 34.2 Å². The zero-order valence-electron chi connectivity index (χ0n) is 19.5. The van der Waals surface area contributed by atoms with E-state index in [1.807, 2.05) is 50.2 Å². The van der Waals surface area contributed by atoms with Gasteiger partial charge in [-0.05, 0) is 50.2 Å². The summed E-state index contributed by atoms with van der Waals surface area (Å²) < 4.78 is 10.9. The molecule has 8 heteroatoms. The average molecular weight is 472 g/mol. The lowest BCUT2D eigenvalue weighted by molar-refractivity contribution is -0.127. The molecule has 0 fully saturated rings. The van der Waals surface area contributed by atoms with Gasteiger partial charge in [-0.1, -0.05) is 30.3 Å². The van der Waals surface area contributed by atoms with Crippen LogP contribution in [0, 0.1) is 0 Å². The van der Waals surface area contributed by atoms with Gasteiger partial charge >= 0.3 is 0 Å². The summed E-state index contributed by atoms with van der Waals surface area (Å²) in [7, 11) is 0. The molecule has 3 amide bonds. The lowest BCUT2D eigenvalue weighted by Crippen LogP contribution is -2.46. The second-order valence-electron chi connectivity index (χ2n) is 8.61. The minimum absolute atomic E-state index is 0.138. The van der Waals surface area contributed by atoms with Crippen molar-refractivity contribution in [3.8, 4) is 11.5 Å². The van der Waals surface area contributed by atoms with Crippen LogP contribution in [-0.2, 0) is 14.4 Å². The third-order valence-corrected chi connectivity index (χ3v) is 5.99. The lowest BCUT2D eigenvalue weighted by atomic mass is 10.2. The first-order valence-electron chi connectivity index (χ1n) is 11.4. The molecule has 2 aliphatic rings. The number of para-hydroxylation sites is 3. The molecule has 35 heavy (non-hydrogen) atoms. The number of carbonyl (C=O) groups excluding carboxylic acids is 3. The average Bonchev–Trinajstić information content (AvgIpc) is 3.28. The van der Waals surface area contributed by atoms with E-state index in [4.69, 9.17) is 9.47 Å². The third kappa shape index (κ3) is 4.19. The first-order valence-corrected chi connectivity index (χ1v) is 11.4. The molecule has 0 aliphatic carbocycles. The standard InChI is InChI=1S/C27H25N3O5/c1-18(2)29(20-12-13-23-24(14-20)35-17-34-23)27(33)16-28-21-10-6-7-11-22(21)30(26(32)15-25(28)31)19-8-4-3-5-9-19/h3-14,18H,15-17H2,1-2H3. The van der Waals surface area contributed by atoms with E-state index in [1.54, 1.807) is 41.3 Å². The number of fused-ring (bicyclic) bond motifs is 2. The fourth-order valence-electron chi connectivity index (χ4n) is 4.46. The molecule has 2 aliphatic heterocycles. The summed E-state index contributed by atoms with van der Waals surface area (Å²) >= 11 is 0. The van der Waals surface area contributed by atoms with Gasteiger partial charge in [0.2, 0.25) is 24.5 Å². The summed E-state index contributed by atoms with van der Waals surface area (Å²) in [6.45, 7) is 3.74. The Bertz CT molecular complexity index is 1290. The Hall–Kier alpha value is -4.33. The van der Waals surface area contributed by atoms with E-state index >= 15 is 0 Å². The van der Waals surface area contributed by atoms with E-state index in [1.165, 1.54) is 9.80 Å². The number of anilines is 4. The van der Waals surface area contributed by atoms with Crippen LogP contribution in [0.25, 0.3) is 0 Å². The molecule has 8 nitrogen and oxygen atoms in total. The highest BCUT2D eigenvalue weighted by Crippen LogP contribution is 2.39. The largest absolute Gasteiger partial charge is 0.454 e. The van der Waals surface area contributed by atoms with Gasteiger partial charge < -0.3 is 19.3 Å². The third-order valence-electron chi connectivity index (χ3n) is 5.99. The van der Waals surface area contributed by atoms with E-state index < -0.39 is 5.91 Å². The molecule has 3 aromatic rings. The Morgan fingerprint density at radius 1 is 0.886 bits per heavy atom. The van der Waals surface area contributed by atoms with Crippen LogP contribution in [0.2, 0.25) is 0 Å². The van der Waals surface area contributed by atoms with Gasteiger partial charge in [0.05, 0.1) is 11.4 Å². The highest BCUT2D eigenvalue weighted by Gasteiger charge is 2.34. The maximum atomic E-state index is 13.6. The van der Waals surface area contributed by atoms with Gasteiger partial charge in [0, 0.05) is 23.5 Å². The first kappa shape index (κ1) is 22.5. The van der Waals surface area contributed by atoms with Crippen LogP contribution in [0.5, 0.6) is 11.5 Å². The predicted octanol–water partition coefficient (Wildman–Crippen LogP) is 4.26. The molecular formula is C27H25N3O5. The van der Waals surface area contributed by atoms with Gasteiger partial charge in [-0.25, -0.2) is 0 Å². The molecule has 0 unspecified atom stereocenters. The summed E-state index contributed by atoms with van der Waals surface area (Å²) in [6.07, 6.45) is -0.345. The maximum Gasteiger partial charge on any atom is 0.247 e. The number of rotatable bonds is 5. The van der Waals surface area contributed by atoms with E-state index in [9.17, 15) is 14.4 Å². The van der Waals surface area contributed by atoms with Crippen LogP contribution in [-0.4, -0.2) is 37.1 Å². The highest BCUT2D eigenvalue weighted by atomic mass is 16.7. The molecular weight excluding hydrogens is 446 g/mol. The molecule has 0 spiro atoms. The predicted molar refractivity (Wildman–Crippen MR) is 132 cm³/mol. The van der Waals surface area contributed by atoms with E-state index in [2.05, 4.69) is 0 Å². The van der Waals surface area contributed by atoms with Crippen molar-refractivity contribution in [3.05, 3.63) is 72.8 Å². The van der Waals surface area contributed by atoms with Gasteiger partial charge in [0.1, 0.15) is 13.0 Å². The topological polar surface area (TPSA) is 79.4 Å². The molecule has 0 radical (unpaired) electrons. The van der Waals surface area contributed by atoms with Gasteiger partial charge in [-0.3, -0.25) is 19.3 Å². The number of carbonyl (C=O) groups is 3. The summed E-state index contributed by atoms with van der Waals surface area (Å²) in [5.41, 5.74) is 2.37. The molecule has 0 saturated heterocycles. The SMILES string of the molecule is CC(C)N(C(=O)CN1C(=O)CC(=O)N(c2ccccc2)c2ccccc21)c1ccc2c(c1)OCO2. The molecule has 3 aromatic carbocycles. The Kier molecular flexibility index (Phi) is 5.86. The Labute approximate surface area is 203 Å². The number of ether oxygens (including phenoxy) is 2. The Morgan fingerprint density at radius 2 is 1.57 bits per heavy atom. The molecule has 2 heterocycles. The molecule has 0 bridgehead atoms. The molecule has 0 saturated carbocycles. The number of amides is 3. The van der Waals surface area contributed by atoms with Crippen molar-refractivity contribution in [1.82, 2.24) is 0 Å². The quantitative estimate of drug-likeness (QED) is 0.520. The summed E-state index contributed by atoms with van der Waals surface area (Å²) in [4.78, 5) is 44.6. The number of benzene rings is 3. The van der Waals surface area contributed by atoms with Crippen molar-refractivity contribution in [1.29, 1.82) is 0 Å². The Balaban J connectivity index is 1.50. The van der Waals surface area contributed by atoms with Crippen molar-refractivity contribution in [2.45, 2.75) is 26.3 Å². The molecule has 0 atom stereocenters. The van der Waals surface area contributed by atoms with Crippen molar-refractivity contribution in [3.63, 3.8) is 0 Å². The van der Waals surface area contributed by atoms with Crippen LogP contribution < -0.4 is 24.2 Å². The van der Waals surface area contributed by atoms with Gasteiger partial charge in [0.25, 0.3) is 0 Å². The number of nitrogens with zero attached hydrogens (tertiary/aromatic N) is 3. The van der Waals surface area contributed by atoms with Crippen molar-refractivity contribution >= 4 is 40.5 Å². The van der Waals surface area contributed by atoms with Gasteiger partial charge in [0.15, 0.2) is 11.5 Å². The second-order valence-corrected chi connectivity index (χ2v) is 8.61. The minimum atomic E-state index is -0.427. The normalized spacial score (nSPS) is 14.7. The number of hydrogen-bond acceptors (Lipinski definition) is 5. The van der Waals surface area contributed by atoms with Gasteiger partial charge in [-0.2, -0.15) is 0 Å². The van der Waals surface area contributed by atoms with Crippen LogP contribution in [0.3, 0.4) is 0 Å². The van der Waals surface area contributed by atoms with Crippen LogP contribution >= 0.6 is 0 Å². The minimum Gasteiger partial charge on any atom is -0.454 e. The highest BCUT2D eigenvalue weighted by molar-refractivity contribution is 6.19. The van der Waals surface area contributed by atoms with Crippen molar-refractivity contribution in [2.24, 2.45) is 0 Å². The van der Waals surface area contributed by atoms with Crippen LogP contribution in [0.4, 0.5) is 22.7 Å². The smallest absolute Gasteiger partial charge is 0.247 e. The summed E-state index contributed by atoms with van der Waals surface area (Å²) in [5.74, 6) is 0.147. The number of hydrogen-bond donors (Lipinski definition) is 0. The fraction of sp³-hybridized carbons (Fsp3) is 0.222. The fourth-order valence-corrected chi connectivity index (χ4v) is 4.46. The molecule has 0 aromatic heterocycles. The molecule has 178 valence electrons. The summed E-state index contributed by atoms with van der Waals surface area (Å²) in [6, 6.07) is 21.5. The van der Waals surface area contributed by atoms with E-state index in [-0.39, 0.29) is 37.6 Å². The van der Waals surface area contributed by atoms with Crippen molar-refractivity contribution < 1.29 is 23.9 Å². The van der Waals surface area contributed by atoms with Crippen LogP contribution in [0.15, 0.2) is 72.8 Å². The lowest BCUT2D eigenvalue weighted by Gasteiger charge is -2.31.